The first-order chi connectivity index (χ1) is 18.5. The van der Waals surface area contributed by atoms with Gasteiger partial charge < -0.3 is 15.5 Å². The number of halogens is 1. The number of hydrogen-bond donors (Lipinski definition) is 1. The first-order valence-corrected chi connectivity index (χ1v) is 14.5. The van der Waals surface area contributed by atoms with Crippen LogP contribution in [0, 0.1) is 12.3 Å². The van der Waals surface area contributed by atoms with Gasteiger partial charge in [-0.3, -0.25) is 9.38 Å². The van der Waals surface area contributed by atoms with Crippen molar-refractivity contribution < 1.29 is 0 Å². The van der Waals surface area contributed by atoms with Crippen molar-refractivity contribution in [3.8, 4) is 0 Å². The molecule has 0 radical (unpaired) electrons. The fraction of sp³-hybridized carbons (Fsp3) is 0.385. The second kappa shape index (κ2) is 10.1. The number of aromatic nitrogens is 5. The molecule has 38 heavy (non-hydrogen) atoms. The average Bonchev–Trinajstić information content (AvgIpc) is 3.52. The van der Waals surface area contributed by atoms with E-state index in [0.717, 1.165) is 78.1 Å². The van der Waals surface area contributed by atoms with E-state index in [1.807, 2.05) is 36.9 Å². The minimum absolute atomic E-state index is 0.0430. The van der Waals surface area contributed by atoms with E-state index in [9.17, 15) is 0 Å². The van der Waals surface area contributed by atoms with Gasteiger partial charge in [0.1, 0.15) is 21.5 Å². The number of anilines is 2. The maximum atomic E-state index is 6.85. The summed E-state index contributed by atoms with van der Waals surface area (Å²) in [5.74, 6) is 1.74. The normalized spacial score (nSPS) is 18.3. The summed E-state index contributed by atoms with van der Waals surface area (Å²) in [4.78, 5) is 25.5. The molecule has 1 saturated heterocycles. The molecule has 4 aromatic rings. The summed E-state index contributed by atoms with van der Waals surface area (Å²) in [6.07, 6.45) is 12.2. The van der Waals surface area contributed by atoms with Gasteiger partial charge in [0, 0.05) is 54.5 Å². The van der Waals surface area contributed by atoms with Gasteiger partial charge in [0.25, 0.3) is 0 Å². The third kappa shape index (κ3) is 4.15. The number of rotatable bonds is 6. The van der Waals surface area contributed by atoms with E-state index in [1.165, 1.54) is 11.3 Å². The molecule has 194 valence electrons. The van der Waals surface area contributed by atoms with Crippen molar-refractivity contribution >= 4 is 56.5 Å². The van der Waals surface area contributed by atoms with Gasteiger partial charge in [0.05, 0.1) is 15.6 Å². The van der Waals surface area contributed by atoms with Crippen molar-refractivity contribution in [1.29, 1.82) is 0 Å². The molecular formula is C26H31B2ClN8S. The molecule has 6 rings (SSSR count). The lowest BCUT2D eigenvalue weighted by molar-refractivity contribution is 0.186. The molecule has 1 atom stereocenters. The number of imidazole rings is 1. The fourth-order valence-electron chi connectivity index (χ4n) is 6.03. The lowest BCUT2D eigenvalue weighted by atomic mass is 9.73. The van der Waals surface area contributed by atoms with E-state index in [4.69, 9.17) is 27.3 Å². The lowest BCUT2D eigenvalue weighted by Gasteiger charge is -2.42. The second-order valence-corrected chi connectivity index (χ2v) is 11.6. The zero-order valence-corrected chi connectivity index (χ0v) is 23.6. The zero-order valence-electron chi connectivity index (χ0n) is 22.1. The van der Waals surface area contributed by atoms with Crippen LogP contribution in [0.15, 0.2) is 52.8 Å². The van der Waals surface area contributed by atoms with Gasteiger partial charge in [-0.15, -0.1) is 0 Å². The highest BCUT2D eigenvalue weighted by molar-refractivity contribution is 7.99. The summed E-state index contributed by atoms with van der Waals surface area (Å²) in [6.45, 7) is 3.86. The average molecular weight is 545 g/mol. The highest BCUT2D eigenvalue weighted by Crippen LogP contribution is 2.50. The molecule has 1 spiro atoms. The van der Waals surface area contributed by atoms with Gasteiger partial charge in [-0.05, 0) is 62.2 Å². The van der Waals surface area contributed by atoms with Crippen LogP contribution in [0.3, 0.4) is 0 Å². The zero-order chi connectivity index (χ0) is 26.4. The number of pyridine rings is 2. The van der Waals surface area contributed by atoms with Gasteiger partial charge in [0.15, 0.2) is 5.65 Å². The Morgan fingerprint density at radius 2 is 1.92 bits per heavy atom. The first-order valence-electron chi connectivity index (χ1n) is 13.3. The Morgan fingerprint density at radius 3 is 2.66 bits per heavy atom. The molecule has 1 fully saturated rings. The third-order valence-electron chi connectivity index (χ3n) is 8.25. The number of aryl methyl sites for hydroxylation is 1. The smallest absolute Gasteiger partial charge is 0.211 e. The van der Waals surface area contributed by atoms with E-state index in [0.29, 0.717) is 5.02 Å². The molecule has 0 amide bonds. The van der Waals surface area contributed by atoms with Gasteiger partial charge in [0.2, 0.25) is 5.95 Å². The van der Waals surface area contributed by atoms with Crippen molar-refractivity contribution in [2.24, 2.45) is 11.1 Å². The number of nitrogens with zero attached hydrogens (tertiary/aromatic N) is 7. The lowest BCUT2D eigenvalue weighted by Crippen LogP contribution is -2.45. The largest absolute Gasteiger partial charge is 0.372 e. The Morgan fingerprint density at radius 1 is 1.13 bits per heavy atom. The Labute approximate surface area is 234 Å². The summed E-state index contributed by atoms with van der Waals surface area (Å²) < 4.78 is 2.11. The Balaban J connectivity index is 1.27. The predicted octanol–water partition coefficient (Wildman–Crippen LogP) is 2.46. The Hall–Kier alpha value is -2.75. The van der Waals surface area contributed by atoms with Gasteiger partial charge in [-0.2, -0.15) is 0 Å². The molecule has 2 aliphatic rings. The van der Waals surface area contributed by atoms with E-state index in [1.54, 1.807) is 11.8 Å². The van der Waals surface area contributed by atoms with Crippen LogP contribution in [0.1, 0.15) is 35.8 Å². The molecule has 0 bridgehead atoms. The Kier molecular flexibility index (Phi) is 6.78. The van der Waals surface area contributed by atoms with Crippen molar-refractivity contribution in [1.82, 2.24) is 24.3 Å². The first kappa shape index (κ1) is 25.5. The van der Waals surface area contributed by atoms with Crippen LogP contribution < -0.4 is 15.5 Å². The van der Waals surface area contributed by atoms with Crippen LogP contribution in [0.5, 0.6) is 0 Å². The summed E-state index contributed by atoms with van der Waals surface area (Å²) in [6, 6.07) is 6.15. The van der Waals surface area contributed by atoms with Crippen LogP contribution in [0.4, 0.5) is 11.8 Å². The maximum Gasteiger partial charge on any atom is 0.211 e. The fourth-order valence-corrected chi connectivity index (χ4v) is 7.35. The van der Waals surface area contributed by atoms with Crippen LogP contribution in [-0.2, 0) is 6.42 Å². The molecular weight excluding hydrogens is 513 g/mol. The number of hydrogen-bond acceptors (Lipinski definition) is 8. The molecule has 5 heterocycles. The molecule has 4 aromatic heterocycles. The highest BCUT2D eigenvalue weighted by atomic mass is 35.5. The minimum Gasteiger partial charge on any atom is -0.372 e. The maximum absolute atomic E-state index is 6.85. The summed E-state index contributed by atoms with van der Waals surface area (Å²) in [5, 5.41) is 0.666. The van der Waals surface area contributed by atoms with Crippen molar-refractivity contribution in [3.05, 3.63) is 65.0 Å². The van der Waals surface area contributed by atoms with Crippen LogP contribution in [-0.4, -0.2) is 66.0 Å². The monoisotopic (exact) mass is 544 g/mol. The van der Waals surface area contributed by atoms with Crippen molar-refractivity contribution in [2.75, 3.05) is 35.8 Å². The number of nitrogens with two attached hydrogens (primary N) is 1. The molecule has 2 N–H and O–H groups in total. The standard InChI is InChI=1S/C26H31B2ClN8S/c1-16-21(38-19-4-8-32-23(20(19)29)36(14-27)15-28)24-33-9-12-37(24)25(34-16)35-10-5-26(6-11-35)13-18-17(22(26)30)3-2-7-31-18/h2-4,7-9,12,22H,5-6,10-11,13-15,27-28,30H2,1H3/t22-/m1/s1. The van der Waals surface area contributed by atoms with E-state index < -0.39 is 0 Å². The summed E-state index contributed by atoms with van der Waals surface area (Å²) in [5.41, 5.74) is 11.1. The minimum atomic E-state index is 0.0430. The molecule has 1 aliphatic heterocycles. The molecule has 0 saturated carbocycles. The van der Waals surface area contributed by atoms with Gasteiger partial charge in [-0.1, -0.05) is 29.4 Å². The Bertz CT molecular complexity index is 1490. The van der Waals surface area contributed by atoms with Crippen LogP contribution >= 0.6 is 23.4 Å². The summed E-state index contributed by atoms with van der Waals surface area (Å²) in [7, 11) is 4.22. The van der Waals surface area contributed by atoms with Crippen LogP contribution in [0.2, 0.25) is 5.02 Å². The number of fused-ring (bicyclic) bond motifs is 2. The van der Waals surface area contributed by atoms with E-state index >= 15 is 0 Å². The summed E-state index contributed by atoms with van der Waals surface area (Å²) >= 11 is 8.46. The highest BCUT2D eigenvalue weighted by Gasteiger charge is 2.46. The SMILES string of the molecule is BCN(CB)c1nccc(Sc2c(C)nc(N3CCC4(CC3)Cc3ncccc3[C@H]4N)n3ccnc23)c1Cl. The third-order valence-corrected chi connectivity index (χ3v) is 9.97. The quantitative estimate of drug-likeness (QED) is 0.371. The predicted molar refractivity (Wildman–Crippen MR) is 159 cm³/mol. The molecule has 0 unspecified atom stereocenters. The van der Waals surface area contributed by atoms with E-state index in [-0.39, 0.29) is 11.5 Å². The molecule has 12 heteroatoms. The topological polar surface area (TPSA) is 88.5 Å². The molecule has 1 aliphatic carbocycles. The van der Waals surface area contributed by atoms with Gasteiger partial charge >= 0.3 is 0 Å². The van der Waals surface area contributed by atoms with Crippen molar-refractivity contribution in [2.45, 2.75) is 42.0 Å². The molecule has 0 aromatic carbocycles. The van der Waals surface area contributed by atoms with Crippen LogP contribution in [0.25, 0.3) is 5.65 Å². The second-order valence-electron chi connectivity index (χ2n) is 10.2. The molecule has 8 nitrogen and oxygen atoms in total. The van der Waals surface area contributed by atoms with Crippen molar-refractivity contribution in [3.63, 3.8) is 0 Å². The van der Waals surface area contributed by atoms with Gasteiger partial charge in [-0.25, -0.2) is 15.0 Å². The van der Waals surface area contributed by atoms with E-state index in [2.05, 4.69) is 52.9 Å². The number of piperidine rings is 1.